The molecule has 0 aromatic heterocycles. The van der Waals surface area contributed by atoms with Gasteiger partial charge in [-0.25, -0.2) is 0 Å². The fourth-order valence-corrected chi connectivity index (χ4v) is 2.94. The maximum Gasteiger partial charge on any atom is 0.253 e. The summed E-state index contributed by atoms with van der Waals surface area (Å²) in [5, 5.41) is 2.80. The van der Waals surface area contributed by atoms with Gasteiger partial charge in [0.25, 0.3) is 5.91 Å². The van der Waals surface area contributed by atoms with E-state index in [1.54, 1.807) is 24.3 Å². The number of benzene rings is 2. The first-order chi connectivity index (χ1) is 12.0. The molecule has 1 atom stereocenters. The van der Waals surface area contributed by atoms with Gasteiger partial charge in [-0.1, -0.05) is 29.8 Å². The minimum atomic E-state index is -0.730. The van der Waals surface area contributed by atoms with Crippen LogP contribution < -0.4 is 11.1 Å². The van der Waals surface area contributed by atoms with E-state index in [2.05, 4.69) is 5.32 Å². The molecule has 1 heterocycles. The van der Waals surface area contributed by atoms with Crippen molar-refractivity contribution in [2.24, 2.45) is 5.73 Å². The summed E-state index contributed by atoms with van der Waals surface area (Å²) in [5.74, 6) is -0.228. The molecule has 1 unspecified atom stereocenters. The lowest BCUT2D eigenvalue weighted by molar-refractivity contribution is -0.117. The Labute approximate surface area is 160 Å². The lowest BCUT2D eigenvalue weighted by Crippen LogP contribution is -2.28. The van der Waals surface area contributed by atoms with E-state index >= 15 is 0 Å². The predicted octanol–water partition coefficient (Wildman–Crippen LogP) is 3.29. The summed E-state index contributed by atoms with van der Waals surface area (Å²) in [6, 6.07) is 13.8. The van der Waals surface area contributed by atoms with E-state index in [0.717, 1.165) is 37.1 Å². The summed E-state index contributed by atoms with van der Waals surface area (Å²) >= 11 is 0. The Balaban J connectivity index is 0.00000243. The van der Waals surface area contributed by atoms with Crippen molar-refractivity contribution in [1.82, 2.24) is 4.90 Å². The van der Waals surface area contributed by atoms with Crippen molar-refractivity contribution in [3.05, 3.63) is 65.2 Å². The molecule has 1 aliphatic rings. The molecule has 0 radical (unpaired) electrons. The van der Waals surface area contributed by atoms with Gasteiger partial charge in [-0.15, -0.1) is 12.4 Å². The van der Waals surface area contributed by atoms with E-state index in [1.165, 1.54) is 0 Å². The average molecular weight is 374 g/mol. The summed E-state index contributed by atoms with van der Waals surface area (Å²) < 4.78 is 0. The van der Waals surface area contributed by atoms with Gasteiger partial charge in [0.1, 0.15) is 6.04 Å². The van der Waals surface area contributed by atoms with E-state index in [4.69, 9.17) is 5.73 Å². The van der Waals surface area contributed by atoms with Gasteiger partial charge in [-0.3, -0.25) is 9.59 Å². The molecular formula is C20H24ClN3O2. The van der Waals surface area contributed by atoms with Crippen LogP contribution in [0.4, 0.5) is 5.69 Å². The second-order valence-electron chi connectivity index (χ2n) is 6.45. The van der Waals surface area contributed by atoms with Gasteiger partial charge in [0, 0.05) is 24.3 Å². The summed E-state index contributed by atoms with van der Waals surface area (Å²) in [4.78, 5) is 26.5. The molecule has 5 nitrogen and oxygen atoms in total. The van der Waals surface area contributed by atoms with Crippen LogP contribution in [0.5, 0.6) is 0 Å². The Kier molecular flexibility index (Phi) is 6.77. The third kappa shape index (κ3) is 4.62. The largest absolute Gasteiger partial charge is 0.339 e. The van der Waals surface area contributed by atoms with Crippen molar-refractivity contribution < 1.29 is 9.59 Å². The van der Waals surface area contributed by atoms with Crippen molar-refractivity contribution in [2.75, 3.05) is 18.4 Å². The Morgan fingerprint density at radius 1 is 1.00 bits per heavy atom. The molecule has 2 amide bonds. The van der Waals surface area contributed by atoms with Gasteiger partial charge in [0.05, 0.1) is 0 Å². The molecule has 3 N–H and O–H groups in total. The number of carbonyl (C=O) groups excluding carboxylic acids is 2. The van der Waals surface area contributed by atoms with Gasteiger partial charge in [-0.05, 0) is 49.6 Å². The molecule has 138 valence electrons. The summed E-state index contributed by atoms with van der Waals surface area (Å²) in [5.41, 5.74) is 9.18. The monoisotopic (exact) mass is 373 g/mol. The van der Waals surface area contributed by atoms with Crippen LogP contribution in [0.2, 0.25) is 0 Å². The molecule has 6 heteroatoms. The van der Waals surface area contributed by atoms with Crippen molar-refractivity contribution in [1.29, 1.82) is 0 Å². The van der Waals surface area contributed by atoms with Crippen LogP contribution in [0, 0.1) is 6.92 Å². The van der Waals surface area contributed by atoms with Crippen LogP contribution >= 0.6 is 12.4 Å². The van der Waals surface area contributed by atoms with Crippen LogP contribution in [0.3, 0.4) is 0 Å². The average Bonchev–Trinajstić information content (AvgIpc) is 3.16. The zero-order valence-corrected chi connectivity index (χ0v) is 15.6. The van der Waals surface area contributed by atoms with Crippen LogP contribution in [-0.4, -0.2) is 29.8 Å². The molecule has 1 aliphatic heterocycles. The summed E-state index contributed by atoms with van der Waals surface area (Å²) in [6.45, 7) is 3.63. The highest BCUT2D eigenvalue weighted by Crippen LogP contribution is 2.17. The van der Waals surface area contributed by atoms with Crippen molar-refractivity contribution in [2.45, 2.75) is 25.8 Å². The summed E-state index contributed by atoms with van der Waals surface area (Å²) in [6.07, 6.45) is 2.13. The quantitative estimate of drug-likeness (QED) is 0.863. The number of hydrogen-bond donors (Lipinski definition) is 2. The fourth-order valence-electron chi connectivity index (χ4n) is 2.94. The lowest BCUT2D eigenvalue weighted by atomic mass is 10.1. The van der Waals surface area contributed by atoms with Gasteiger partial charge in [-0.2, -0.15) is 0 Å². The zero-order chi connectivity index (χ0) is 17.8. The Hall–Kier alpha value is -2.37. The minimum absolute atomic E-state index is 0. The predicted molar refractivity (Wildman–Crippen MR) is 106 cm³/mol. The molecule has 0 saturated carbocycles. The molecule has 2 aromatic rings. The number of amides is 2. The number of nitrogens with two attached hydrogens (primary N) is 1. The molecular weight excluding hydrogens is 350 g/mol. The van der Waals surface area contributed by atoms with Gasteiger partial charge >= 0.3 is 0 Å². The maximum atomic E-state index is 12.3. The van der Waals surface area contributed by atoms with Crippen molar-refractivity contribution >= 4 is 29.9 Å². The van der Waals surface area contributed by atoms with Gasteiger partial charge in [0.2, 0.25) is 5.91 Å². The second-order valence-corrected chi connectivity index (χ2v) is 6.45. The minimum Gasteiger partial charge on any atom is -0.339 e. The number of nitrogens with zero attached hydrogens (tertiary/aromatic N) is 1. The SMILES string of the molecule is Cc1ccc(C(N)C(=O)Nc2ccc(C(=O)N3CCCC3)cc2)cc1.Cl. The van der Waals surface area contributed by atoms with E-state index in [-0.39, 0.29) is 24.2 Å². The number of nitrogens with one attached hydrogen (secondary N) is 1. The molecule has 3 rings (SSSR count). The molecule has 2 aromatic carbocycles. The molecule has 1 saturated heterocycles. The van der Waals surface area contributed by atoms with E-state index in [1.807, 2.05) is 36.1 Å². The standard InChI is InChI=1S/C20H23N3O2.ClH/c1-14-4-6-15(7-5-14)18(21)19(24)22-17-10-8-16(9-11-17)20(25)23-12-2-3-13-23;/h4-11,18H,2-3,12-13,21H2,1H3,(H,22,24);1H. The lowest BCUT2D eigenvalue weighted by Gasteiger charge is -2.16. The number of carbonyl (C=O) groups is 2. The first kappa shape index (κ1) is 19.9. The normalized spacial score (nSPS) is 14.5. The van der Waals surface area contributed by atoms with Crippen LogP contribution in [0.1, 0.15) is 40.4 Å². The molecule has 1 fully saturated rings. The second kappa shape index (κ2) is 8.83. The Morgan fingerprint density at radius 3 is 2.15 bits per heavy atom. The number of halogens is 1. The third-order valence-corrected chi connectivity index (χ3v) is 4.51. The molecule has 0 aliphatic carbocycles. The topological polar surface area (TPSA) is 75.4 Å². The van der Waals surface area contributed by atoms with Crippen LogP contribution in [0.25, 0.3) is 0 Å². The maximum absolute atomic E-state index is 12.3. The fraction of sp³-hybridized carbons (Fsp3) is 0.300. The molecule has 26 heavy (non-hydrogen) atoms. The highest BCUT2D eigenvalue weighted by molar-refractivity contribution is 5.97. The number of hydrogen-bond acceptors (Lipinski definition) is 3. The molecule has 0 spiro atoms. The van der Waals surface area contributed by atoms with Gasteiger partial charge in [0.15, 0.2) is 0 Å². The van der Waals surface area contributed by atoms with Crippen molar-refractivity contribution in [3.8, 4) is 0 Å². The van der Waals surface area contributed by atoms with Gasteiger partial charge < -0.3 is 16.0 Å². The zero-order valence-electron chi connectivity index (χ0n) is 14.8. The Morgan fingerprint density at radius 2 is 1.58 bits per heavy atom. The van der Waals surface area contributed by atoms with Crippen LogP contribution in [0.15, 0.2) is 48.5 Å². The number of anilines is 1. The number of likely N-dealkylation sites (tertiary alicyclic amines) is 1. The molecule has 0 bridgehead atoms. The Bertz CT molecular complexity index is 754. The summed E-state index contributed by atoms with van der Waals surface area (Å²) in [7, 11) is 0. The number of aryl methyl sites for hydroxylation is 1. The highest BCUT2D eigenvalue weighted by atomic mass is 35.5. The smallest absolute Gasteiger partial charge is 0.253 e. The first-order valence-corrected chi connectivity index (χ1v) is 8.57. The number of rotatable bonds is 4. The van der Waals surface area contributed by atoms with E-state index in [0.29, 0.717) is 11.3 Å². The van der Waals surface area contributed by atoms with Crippen LogP contribution in [-0.2, 0) is 4.79 Å². The third-order valence-electron chi connectivity index (χ3n) is 4.51. The van der Waals surface area contributed by atoms with E-state index < -0.39 is 6.04 Å². The first-order valence-electron chi connectivity index (χ1n) is 8.57. The van der Waals surface area contributed by atoms with Crippen molar-refractivity contribution in [3.63, 3.8) is 0 Å². The van der Waals surface area contributed by atoms with E-state index in [9.17, 15) is 9.59 Å². The highest BCUT2D eigenvalue weighted by Gasteiger charge is 2.20.